The Morgan fingerprint density at radius 2 is 1.81 bits per heavy atom. The molecule has 2 aliphatic heterocycles. The highest BCUT2D eigenvalue weighted by molar-refractivity contribution is 8.17. The van der Waals surface area contributed by atoms with Gasteiger partial charge in [0.15, 0.2) is 16.7 Å². The molecule has 0 amide bonds. The predicted molar refractivity (Wildman–Crippen MR) is 102 cm³/mol. The summed E-state index contributed by atoms with van der Waals surface area (Å²) in [5, 5.41) is 0.866. The van der Waals surface area contributed by atoms with Crippen LogP contribution in [0.15, 0.2) is 45.1 Å². The quantitative estimate of drug-likeness (QED) is 0.746. The Bertz CT molecular complexity index is 857. The Kier molecular flexibility index (Phi) is 5.00. The zero-order valence-electron chi connectivity index (χ0n) is 15.7. The molecule has 0 radical (unpaired) electrons. The van der Waals surface area contributed by atoms with E-state index in [0.29, 0.717) is 22.8 Å². The molecule has 0 aromatic heterocycles. The third-order valence-corrected chi connectivity index (χ3v) is 5.71. The molecule has 0 saturated carbocycles. The van der Waals surface area contributed by atoms with Crippen LogP contribution in [-0.4, -0.2) is 37.4 Å². The van der Waals surface area contributed by atoms with Crippen LogP contribution >= 0.6 is 11.8 Å². The number of amidine groups is 1. The number of carbonyl (C=O) groups is 1. The van der Waals surface area contributed by atoms with Gasteiger partial charge in [0.05, 0.1) is 38.6 Å². The van der Waals surface area contributed by atoms with Crippen molar-refractivity contribution in [3.63, 3.8) is 0 Å². The molecule has 1 aromatic carbocycles. The summed E-state index contributed by atoms with van der Waals surface area (Å²) >= 11 is 1.61. The first-order valence-corrected chi connectivity index (χ1v) is 8.98. The number of benzene rings is 1. The molecule has 0 N–H and O–H groups in total. The molecule has 1 atom stereocenters. The number of allylic oxidation sites excluding steroid dienone is 3. The molecule has 2 aliphatic rings. The fourth-order valence-electron chi connectivity index (χ4n) is 3.19. The second-order valence-corrected chi connectivity index (χ2v) is 7.20. The van der Waals surface area contributed by atoms with Crippen LogP contribution in [0, 0.1) is 0 Å². The number of hydrogen-bond acceptors (Lipinski definition) is 7. The third-order valence-electron chi connectivity index (χ3n) is 4.63. The average molecular weight is 374 g/mol. The van der Waals surface area contributed by atoms with Gasteiger partial charge < -0.3 is 19.1 Å². The molecule has 7 heteroatoms. The SMILES string of the molecule is COC(=O)C1=C(C)N=C2SC(C)=C(C)N2C1c1ccc(OC)c(OC)c1. The molecule has 0 spiro atoms. The summed E-state index contributed by atoms with van der Waals surface area (Å²) in [5.41, 5.74) is 3.17. The van der Waals surface area contributed by atoms with E-state index in [1.165, 1.54) is 7.11 Å². The van der Waals surface area contributed by atoms with Crippen molar-refractivity contribution in [2.24, 2.45) is 4.99 Å². The number of hydrogen-bond donors (Lipinski definition) is 0. The summed E-state index contributed by atoms with van der Waals surface area (Å²) in [5.74, 6) is 0.870. The average Bonchev–Trinajstić information content (AvgIpc) is 2.92. The van der Waals surface area contributed by atoms with Crippen LogP contribution in [0.4, 0.5) is 0 Å². The van der Waals surface area contributed by atoms with Crippen LogP contribution < -0.4 is 9.47 Å². The van der Waals surface area contributed by atoms with Gasteiger partial charge in [0.25, 0.3) is 0 Å². The Balaban J connectivity index is 2.20. The van der Waals surface area contributed by atoms with Crippen LogP contribution in [0.1, 0.15) is 32.4 Å². The summed E-state index contributed by atoms with van der Waals surface area (Å²) in [6.07, 6.45) is 0. The van der Waals surface area contributed by atoms with Crippen molar-refractivity contribution in [1.82, 2.24) is 4.90 Å². The van der Waals surface area contributed by atoms with E-state index >= 15 is 0 Å². The largest absolute Gasteiger partial charge is 0.493 e. The Morgan fingerprint density at radius 3 is 2.42 bits per heavy atom. The zero-order chi connectivity index (χ0) is 19.0. The maximum absolute atomic E-state index is 12.6. The maximum atomic E-state index is 12.6. The first-order chi connectivity index (χ1) is 12.4. The molecule has 138 valence electrons. The molecule has 3 rings (SSSR count). The highest BCUT2D eigenvalue weighted by atomic mass is 32.2. The van der Waals surface area contributed by atoms with Crippen LogP contribution in [0.3, 0.4) is 0 Å². The summed E-state index contributed by atoms with van der Waals surface area (Å²) in [6, 6.07) is 5.35. The van der Waals surface area contributed by atoms with Gasteiger partial charge in [0, 0.05) is 10.6 Å². The highest BCUT2D eigenvalue weighted by Crippen LogP contribution is 2.47. The number of nitrogens with zero attached hydrogens (tertiary/aromatic N) is 2. The van der Waals surface area contributed by atoms with Gasteiger partial charge >= 0.3 is 5.97 Å². The Hall–Kier alpha value is -2.41. The number of thioether (sulfide) groups is 1. The summed E-state index contributed by atoms with van der Waals surface area (Å²) < 4.78 is 15.8. The number of ether oxygens (including phenoxy) is 3. The lowest BCUT2D eigenvalue weighted by Crippen LogP contribution is -2.35. The van der Waals surface area contributed by atoms with Gasteiger partial charge in [-0.15, -0.1) is 0 Å². The van der Waals surface area contributed by atoms with E-state index < -0.39 is 0 Å². The van der Waals surface area contributed by atoms with Gasteiger partial charge in [-0.25, -0.2) is 9.79 Å². The van der Waals surface area contributed by atoms with E-state index in [1.54, 1.807) is 26.0 Å². The van der Waals surface area contributed by atoms with E-state index in [9.17, 15) is 4.79 Å². The zero-order valence-corrected chi connectivity index (χ0v) is 16.6. The first kappa shape index (κ1) is 18.4. The van der Waals surface area contributed by atoms with Gasteiger partial charge in [-0.1, -0.05) is 17.8 Å². The van der Waals surface area contributed by atoms with Gasteiger partial charge in [-0.05, 0) is 38.5 Å². The summed E-state index contributed by atoms with van der Waals surface area (Å²) in [4.78, 5) is 20.4. The fraction of sp³-hybridized carbons (Fsp3) is 0.368. The van der Waals surface area contributed by atoms with Crippen molar-refractivity contribution >= 4 is 22.9 Å². The van der Waals surface area contributed by atoms with Crippen LogP contribution in [-0.2, 0) is 9.53 Å². The number of aliphatic imine (C=N–C) groups is 1. The van der Waals surface area contributed by atoms with E-state index in [1.807, 2.05) is 32.0 Å². The van der Waals surface area contributed by atoms with Crippen molar-refractivity contribution in [2.45, 2.75) is 26.8 Å². The molecule has 26 heavy (non-hydrogen) atoms. The number of rotatable bonds is 4. The van der Waals surface area contributed by atoms with Crippen molar-refractivity contribution < 1.29 is 19.0 Å². The lowest BCUT2D eigenvalue weighted by molar-refractivity contribution is -0.136. The molecule has 1 unspecified atom stereocenters. The van der Waals surface area contributed by atoms with Crippen molar-refractivity contribution in [3.05, 3.63) is 45.6 Å². The monoisotopic (exact) mass is 374 g/mol. The smallest absolute Gasteiger partial charge is 0.338 e. The predicted octanol–water partition coefficient (Wildman–Crippen LogP) is 3.86. The standard InChI is InChI=1S/C19H22N2O4S/c1-10-16(18(22)25-6)17(21-11(2)12(3)26-19(21)20-10)13-7-8-14(23-4)15(9-13)24-5/h7-9,17H,1-6H3. The van der Waals surface area contributed by atoms with Gasteiger partial charge in [-0.2, -0.15) is 0 Å². The number of methoxy groups -OCH3 is 3. The van der Waals surface area contributed by atoms with Crippen molar-refractivity contribution in [2.75, 3.05) is 21.3 Å². The molecule has 0 bridgehead atoms. The maximum Gasteiger partial charge on any atom is 0.338 e. The van der Waals surface area contributed by atoms with Crippen LogP contribution in [0.25, 0.3) is 0 Å². The van der Waals surface area contributed by atoms with Gasteiger partial charge in [0.1, 0.15) is 0 Å². The van der Waals surface area contributed by atoms with Crippen LogP contribution in [0.5, 0.6) is 11.5 Å². The lowest BCUT2D eigenvalue weighted by Gasteiger charge is -2.35. The summed E-state index contributed by atoms with van der Waals surface area (Å²) in [6.45, 7) is 5.93. The third kappa shape index (κ3) is 2.86. The second-order valence-electron chi connectivity index (χ2n) is 6.02. The molecular formula is C19H22N2O4S. The van der Waals surface area contributed by atoms with E-state index in [2.05, 4.69) is 16.8 Å². The number of fused-ring (bicyclic) bond motifs is 1. The number of esters is 1. The molecule has 0 saturated heterocycles. The molecular weight excluding hydrogens is 352 g/mol. The first-order valence-electron chi connectivity index (χ1n) is 8.17. The topological polar surface area (TPSA) is 60.4 Å². The molecule has 0 aliphatic carbocycles. The lowest BCUT2D eigenvalue weighted by atomic mass is 9.93. The molecule has 0 fully saturated rings. The summed E-state index contributed by atoms with van der Waals surface area (Å²) in [7, 11) is 4.58. The second kappa shape index (κ2) is 7.07. The van der Waals surface area contributed by atoms with Crippen molar-refractivity contribution in [3.8, 4) is 11.5 Å². The van der Waals surface area contributed by atoms with E-state index in [-0.39, 0.29) is 12.0 Å². The number of carbonyl (C=O) groups excluding carboxylic acids is 1. The molecule has 6 nitrogen and oxygen atoms in total. The molecule has 1 aromatic rings. The van der Waals surface area contributed by atoms with Gasteiger partial charge in [-0.3, -0.25) is 0 Å². The van der Waals surface area contributed by atoms with Crippen molar-refractivity contribution in [1.29, 1.82) is 0 Å². The minimum absolute atomic E-state index is 0.334. The normalized spacial score (nSPS) is 19.4. The van der Waals surface area contributed by atoms with Gasteiger partial charge in [0.2, 0.25) is 0 Å². The Labute approximate surface area is 157 Å². The Morgan fingerprint density at radius 1 is 1.12 bits per heavy atom. The van der Waals surface area contributed by atoms with Crippen LogP contribution in [0.2, 0.25) is 0 Å². The highest BCUT2D eigenvalue weighted by Gasteiger charge is 2.41. The fourth-order valence-corrected chi connectivity index (χ4v) is 4.24. The minimum atomic E-state index is -0.382. The van der Waals surface area contributed by atoms with E-state index in [4.69, 9.17) is 14.2 Å². The van der Waals surface area contributed by atoms with E-state index in [0.717, 1.165) is 21.3 Å². The molecule has 2 heterocycles. The minimum Gasteiger partial charge on any atom is -0.493 e.